The summed E-state index contributed by atoms with van der Waals surface area (Å²) >= 11 is 5.56. The van der Waals surface area contributed by atoms with Crippen LogP contribution in [0.25, 0.3) is 0 Å². The van der Waals surface area contributed by atoms with Gasteiger partial charge >= 0.3 is 0 Å². The lowest BCUT2D eigenvalue weighted by atomic mass is 9.95. The van der Waals surface area contributed by atoms with Crippen LogP contribution >= 0.6 is 12.2 Å². The number of likely N-dealkylation sites (tertiary alicyclic amines) is 1. The predicted octanol–water partition coefficient (Wildman–Crippen LogP) is 3.07. The number of rotatable bonds is 1. The lowest BCUT2D eigenvalue weighted by Gasteiger charge is -2.36. The molecular weight excluding hydrogens is 216 g/mol. The molecule has 0 radical (unpaired) electrons. The predicted molar refractivity (Wildman–Crippen MR) is 72.6 cm³/mol. The summed E-state index contributed by atoms with van der Waals surface area (Å²) in [5, 5.41) is 4.57. The molecule has 0 amide bonds. The molecule has 3 heteroatoms. The van der Waals surface area contributed by atoms with Crippen molar-refractivity contribution in [1.29, 1.82) is 0 Å². The van der Waals surface area contributed by atoms with Gasteiger partial charge in [-0.05, 0) is 51.7 Å². The molecule has 0 aromatic carbocycles. The zero-order chi connectivity index (χ0) is 11.6. The van der Waals surface area contributed by atoms with Gasteiger partial charge in [0.25, 0.3) is 0 Å². The molecule has 0 spiro atoms. The van der Waals surface area contributed by atoms with Gasteiger partial charge in [-0.1, -0.05) is 19.3 Å². The molecule has 0 aromatic rings. The summed E-state index contributed by atoms with van der Waals surface area (Å²) in [5.74, 6) is 0. The molecule has 1 N–H and O–H groups in total. The molecule has 92 valence electrons. The van der Waals surface area contributed by atoms with Crippen LogP contribution in [0, 0.1) is 0 Å². The Hall–Kier alpha value is -0.310. The second-order valence-electron chi connectivity index (χ2n) is 5.85. The van der Waals surface area contributed by atoms with Crippen molar-refractivity contribution in [3.8, 4) is 0 Å². The quantitative estimate of drug-likeness (QED) is 0.709. The highest BCUT2D eigenvalue weighted by atomic mass is 32.1. The number of nitrogens with zero attached hydrogens (tertiary/aromatic N) is 1. The van der Waals surface area contributed by atoms with E-state index in [1.807, 2.05) is 0 Å². The number of hydrogen-bond donors (Lipinski definition) is 1. The Balaban J connectivity index is 1.87. The van der Waals surface area contributed by atoms with Crippen LogP contribution in [-0.4, -0.2) is 28.1 Å². The number of hydrogen-bond acceptors (Lipinski definition) is 1. The van der Waals surface area contributed by atoms with Crippen LogP contribution in [0.2, 0.25) is 0 Å². The third-order valence-electron chi connectivity index (χ3n) is 4.08. The Kier molecular flexibility index (Phi) is 3.73. The van der Waals surface area contributed by atoms with Crippen molar-refractivity contribution in [2.75, 3.05) is 6.54 Å². The van der Waals surface area contributed by atoms with E-state index in [1.165, 1.54) is 44.9 Å². The average Bonchev–Trinajstić information content (AvgIpc) is 2.59. The van der Waals surface area contributed by atoms with Crippen molar-refractivity contribution < 1.29 is 0 Å². The lowest BCUT2D eigenvalue weighted by Crippen LogP contribution is -2.50. The highest BCUT2D eigenvalue weighted by Crippen LogP contribution is 2.28. The molecule has 2 rings (SSSR count). The first-order valence-corrected chi connectivity index (χ1v) is 7.08. The zero-order valence-electron chi connectivity index (χ0n) is 10.6. The van der Waals surface area contributed by atoms with Gasteiger partial charge in [0, 0.05) is 18.1 Å². The van der Waals surface area contributed by atoms with E-state index < -0.39 is 0 Å². The van der Waals surface area contributed by atoms with Gasteiger partial charge in [0.2, 0.25) is 0 Å². The van der Waals surface area contributed by atoms with E-state index in [2.05, 4.69) is 24.1 Å². The molecular formula is C13H24N2S. The normalized spacial score (nSPS) is 25.8. The molecule has 0 aromatic heterocycles. The molecule has 2 aliphatic rings. The third kappa shape index (κ3) is 2.68. The Bertz CT molecular complexity index is 257. The summed E-state index contributed by atoms with van der Waals surface area (Å²) in [6.07, 6.45) is 9.27. The van der Waals surface area contributed by atoms with Crippen molar-refractivity contribution in [3.63, 3.8) is 0 Å². The molecule has 0 unspecified atom stereocenters. The third-order valence-corrected chi connectivity index (χ3v) is 4.42. The van der Waals surface area contributed by atoms with Crippen LogP contribution in [0.4, 0.5) is 0 Å². The fourth-order valence-electron chi connectivity index (χ4n) is 2.98. The van der Waals surface area contributed by atoms with Crippen LogP contribution in [0.3, 0.4) is 0 Å². The van der Waals surface area contributed by atoms with E-state index in [4.69, 9.17) is 12.2 Å². The van der Waals surface area contributed by atoms with Crippen LogP contribution < -0.4 is 5.32 Å². The molecule has 2 fully saturated rings. The molecule has 1 heterocycles. The minimum Gasteiger partial charge on any atom is -0.360 e. The van der Waals surface area contributed by atoms with Gasteiger partial charge in [-0.15, -0.1) is 0 Å². The van der Waals surface area contributed by atoms with Crippen LogP contribution in [-0.2, 0) is 0 Å². The van der Waals surface area contributed by atoms with Gasteiger partial charge in [-0.2, -0.15) is 0 Å². The summed E-state index contributed by atoms with van der Waals surface area (Å²) in [4.78, 5) is 2.39. The number of nitrogens with one attached hydrogen (secondary N) is 1. The monoisotopic (exact) mass is 240 g/mol. The maximum Gasteiger partial charge on any atom is 0.169 e. The van der Waals surface area contributed by atoms with E-state index in [9.17, 15) is 0 Å². The molecule has 1 aliphatic carbocycles. The Labute approximate surface area is 105 Å². The van der Waals surface area contributed by atoms with E-state index in [1.54, 1.807) is 0 Å². The van der Waals surface area contributed by atoms with Crippen LogP contribution in [0.5, 0.6) is 0 Å². The van der Waals surface area contributed by atoms with Crippen molar-refractivity contribution in [1.82, 2.24) is 10.2 Å². The Morgan fingerprint density at radius 2 is 1.88 bits per heavy atom. The first kappa shape index (κ1) is 12.2. The summed E-state index contributed by atoms with van der Waals surface area (Å²) in [6, 6.07) is 0.637. The Morgan fingerprint density at radius 1 is 1.19 bits per heavy atom. The molecule has 2 nitrogen and oxygen atoms in total. The second-order valence-corrected chi connectivity index (χ2v) is 6.24. The molecule has 0 atom stereocenters. The first-order valence-electron chi connectivity index (χ1n) is 6.68. The van der Waals surface area contributed by atoms with Crippen molar-refractivity contribution >= 4 is 17.3 Å². The summed E-state index contributed by atoms with van der Waals surface area (Å²) < 4.78 is 0. The number of thiocarbonyl (C=S) groups is 1. The Morgan fingerprint density at radius 3 is 2.44 bits per heavy atom. The van der Waals surface area contributed by atoms with Crippen molar-refractivity contribution in [3.05, 3.63) is 0 Å². The van der Waals surface area contributed by atoms with Gasteiger partial charge < -0.3 is 10.2 Å². The summed E-state index contributed by atoms with van der Waals surface area (Å²) in [5.41, 5.74) is 0.263. The SMILES string of the molecule is CC1(C)CCCN1C(=S)NC1CCCCC1. The topological polar surface area (TPSA) is 15.3 Å². The van der Waals surface area contributed by atoms with Gasteiger partial charge in [0.05, 0.1) is 0 Å². The average molecular weight is 240 g/mol. The second kappa shape index (κ2) is 4.91. The maximum atomic E-state index is 5.56. The lowest BCUT2D eigenvalue weighted by molar-refractivity contribution is 0.271. The highest BCUT2D eigenvalue weighted by Gasteiger charge is 2.34. The minimum atomic E-state index is 0.263. The molecule has 1 aliphatic heterocycles. The van der Waals surface area contributed by atoms with E-state index >= 15 is 0 Å². The summed E-state index contributed by atoms with van der Waals surface area (Å²) in [7, 11) is 0. The summed E-state index contributed by atoms with van der Waals surface area (Å²) in [6.45, 7) is 5.73. The minimum absolute atomic E-state index is 0.263. The molecule has 0 bridgehead atoms. The van der Waals surface area contributed by atoms with E-state index in [-0.39, 0.29) is 5.54 Å². The molecule has 16 heavy (non-hydrogen) atoms. The van der Waals surface area contributed by atoms with Gasteiger partial charge in [0.15, 0.2) is 5.11 Å². The van der Waals surface area contributed by atoms with E-state index in [0.717, 1.165) is 11.7 Å². The maximum absolute atomic E-state index is 5.56. The van der Waals surface area contributed by atoms with Gasteiger partial charge in [0.1, 0.15) is 0 Å². The highest BCUT2D eigenvalue weighted by molar-refractivity contribution is 7.80. The molecule has 1 saturated carbocycles. The largest absolute Gasteiger partial charge is 0.360 e. The van der Waals surface area contributed by atoms with Gasteiger partial charge in [-0.3, -0.25) is 0 Å². The van der Waals surface area contributed by atoms with Crippen molar-refractivity contribution in [2.24, 2.45) is 0 Å². The smallest absolute Gasteiger partial charge is 0.169 e. The first-order chi connectivity index (χ1) is 7.59. The van der Waals surface area contributed by atoms with Crippen LogP contribution in [0.15, 0.2) is 0 Å². The zero-order valence-corrected chi connectivity index (χ0v) is 11.4. The van der Waals surface area contributed by atoms with E-state index in [0.29, 0.717) is 6.04 Å². The van der Waals surface area contributed by atoms with Gasteiger partial charge in [-0.25, -0.2) is 0 Å². The standard InChI is InChI=1S/C13H24N2S/c1-13(2)9-6-10-15(13)12(16)14-11-7-4-3-5-8-11/h11H,3-10H2,1-2H3,(H,14,16). The van der Waals surface area contributed by atoms with Crippen LogP contribution in [0.1, 0.15) is 58.8 Å². The molecule has 1 saturated heterocycles. The fourth-order valence-corrected chi connectivity index (χ4v) is 3.49. The fraction of sp³-hybridized carbons (Fsp3) is 0.923. The van der Waals surface area contributed by atoms with Crippen molar-refractivity contribution in [2.45, 2.75) is 70.4 Å².